The number of amides is 1. The van der Waals surface area contributed by atoms with Gasteiger partial charge in [-0.25, -0.2) is 9.59 Å². The molecule has 1 heterocycles. The Morgan fingerprint density at radius 3 is 2.50 bits per heavy atom. The Balaban J connectivity index is 1.43. The number of rotatable bonds is 8. The minimum absolute atomic E-state index is 0.00723. The predicted molar refractivity (Wildman–Crippen MR) is 108 cm³/mol. The lowest BCUT2D eigenvalue weighted by Gasteiger charge is -2.24. The van der Waals surface area contributed by atoms with Crippen LogP contribution in [0.5, 0.6) is 11.5 Å². The van der Waals surface area contributed by atoms with Crippen LogP contribution >= 0.6 is 0 Å². The van der Waals surface area contributed by atoms with E-state index in [0.717, 1.165) is 12.8 Å². The molecule has 158 valence electrons. The molecule has 0 bridgehead atoms. The van der Waals surface area contributed by atoms with Gasteiger partial charge in [-0.3, -0.25) is 4.79 Å². The Morgan fingerprint density at radius 1 is 1.03 bits per heavy atom. The SMILES string of the molecule is CCCCOC(=O)c1ccc(NC(=O)COC(=O)C2COc3ccccc3O2)cc1. The summed E-state index contributed by atoms with van der Waals surface area (Å²) >= 11 is 0. The van der Waals surface area contributed by atoms with E-state index >= 15 is 0 Å². The first-order valence-electron chi connectivity index (χ1n) is 9.69. The second-order valence-electron chi connectivity index (χ2n) is 6.59. The number of para-hydroxylation sites is 2. The van der Waals surface area contributed by atoms with Crippen LogP contribution in [0, 0.1) is 0 Å². The largest absolute Gasteiger partial charge is 0.485 e. The first kappa shape index (κ1) is 21.2. The average Bonchev–Trinajstić information content (AvgIpc) is 2.77. The molecule has 8 nitrogen and oxygen atoms in total. The van der Waals surface area contributed by atoms with Crippen molar-refractivity contribution < 1.29 is 33.3 Å². The highest BCUT2D eigenvalue weighted by Crippen LogP contribution is 2.31. The Kier molecular flexibility index (Phi) is 7.26. The number of ether oxygens (including phenoxy) is 4. The Hall–Kier alpha value is -3.55. The molecule has 2 aromatic carbocycles. The third-order valence-corrected chi connectivity index (χ3v) is 4.25. The summed E-state index contributed by atoms with van der Waals surface area (Å²) in [5.41, 5.74) is 0.859. The zero-order chi connectivity index (χ0) is 21.3. The maximum atomic E-state index is 12.1. The fourth-order valence-electron chi connectivity index (χ4n) is 2.64. The molecule has 0 aromatic heterocycles. The molecule has 8 heteroatoms. The first-order chi connectivity index (χ1) is 14.6. The number of unbranched alkanes of at least 4 members (excludes halogenated alkanes) is 1. The van der Waals surface area contributed by atoms with Crippen molar-refractivity contribution in [2.45, 2.75) is 25.9 Å². The van der Waals surface area contributed by atoms with Crippen LogP contribution in [0.3, 0.4) is 0 Å². The summed E-state index contributed by atoms with van der Waals surface area (Å²) in [7, 11) is 0. The van der Waals surface area contributed by atoms with E-state index in [0.29, 0.717) is 29.4 Å². The number of carbonyl (C=O) groups is 3. The van der Waals surface area contributed by atoms with Crippen molar-refractivity contribution in [3.8, 4) is 11.5 Å². The molecule has 0 radical (unpaired) electrons. The minimum atomic E-state index is -0.939. The normalized spacial score (nSPS) is 14.5. The van der Waals surface area contributed by atoms with Crippen molar-refractivity contribution in [1.29, 1.82) is 0 Å². The third-order valence-electron chi connectivity index (χ3n) is 4.25. The lowest BCUT2D eigenvalue weighted by Crippen LogP contribution is -2.39. The van der Waals surface area contributed by atoms with Gasteiger partial charge in [0.05, 0.1) is 12.2 Å². The Morgan fingerprint density at radius 2 is 1.77 bits per heavy atom. The lowest BCUT2D eigenvalue weighted by atomic mass is 10.2. The van der Waals surface area contributed by atoms with Gasteiger partial charge in [-0.05, 0) is 42.8 Å². The molecule has 2 aromatic rings. The van der Waals surface area contributed by atoms with Gasteiger partial charge < -0.3 is 24.3 Å². The van der Waals surface area contributed by atoms with Gasteiger partial charge in [0, 0.05) is 5.69 Å². The molecule has 1 amide bonds. The summed E-state index contributed by atoms with van der Waals surface area (Å²) in [5.74, 6) is -0.615. The maximum absolute atomic E-state index is 12.1. The van der Waals surface area contributed by atoms with Gasteiger partial charge >= 0.3 is 11.9 Å². The highest BCUT2D eigenvalue weighted by atomic mass is 16.6. The van der Waals surface area contributed by atoms with Gasteiger partial charge in [-0.2, -0.15) is 0 Å². The molecule has 30 heavy (non-hydrogen) atoms. The van der Waals surface area contributed by atoms with Crippen molar-refractivity contribution in [2.24, 2.45) is 0 Å². The van der Waals surface area contributed by atoms with E-state index in [4.69, 9.17) is 18.9 Å². The molecule has 0 saturated carbocycles. The lowest BCUT2D eigenvalue weighted by molar-refractivity contribution is -0.156. The smallest absolute Gasteiger partial charge is 0.351 e. The summed E-state index contributed by atoms with van der Waals surface area (Å²) in [5, 5.41) is 2.59. The molecule has 0 saturated heterocycles. The van der Waals surface area contributed by atoms with Crippen LogP contribution < -0.4 is 14.8 Å². The van der Waals surface area contributed by atoms with E-state index < -0.39 is 30.6 Å². The van der Waals surface area contributed by atoms with Crippen molar-refractivity contribution in [3.63, 3.8) is 0 Å². The molecule has 0 spiro atoms. The second kappa shape index (κ2) is 10.3. The molecule has 1 atom stereocenters. The summed E-state index contributed by atoms with van der Waals surface area (Å²) in [6.45, 7) is 1.92. The van der Waals surface area contributed by atoms with Crippen LogP contribution in [0.4, 0.5) is 5.69 Å². The van der Waals surface area contributed by atoms with Crippen LogP contribution in [0.1, 0.15) is 30.1 Å². The first-order valence-corrected chi connectivity index (χ1v) is 9.69. The predicted octanol–water partition coefficient (Wildman–Crippen LogP) is 2.97. The van der Waals surface area contributed by atoms with E-state index in [2.05, 4.69) is 5.32 Å². The number of fused-ring (bicyclic) bond motifs is 1. The van der Waals surface area contributed by atoms with E-state index in [-0.39, 0.29) is 6.61 Å². The zero-order valence-corrected chi connectivity index (χ0v) is 16.6. The van der Waals surface area contributed by atoms with Crippen molar-refractivity contribution in [2.75, 3.05) is 25.1 Å². The molecule has 1 unspecified atom stereocenters. The monoisotopic (exact) mass is 413 g/mol. The molecule has 1 aliphatic heterocycles. The second-order valence-corrected chi connectivity index (χ2v) is 6.59. The van der Waals surface area contributed by atoms with Crippen LogP contribution in [-0.4, -0.2) is 43.8 Å². The fraction of sp³-hybridized carbons (Fsp3) is 0.318. The maximum Gasteiger partial charge on any atom is 0.351 e. The van der Waals surface area contributed by atoms with Crippen molar-refractivity contribution in [3.05, 3.63) is 54.1 Å². The van der Waals surface area contributed by atoms with Crippen molar-refractivity contribution >= 4 is 23.5 Å². The van der Waals surface area contributed by atoms with Crippen molar-refractivity contribution in [1.82, 2.24) is 0 Å². The van der Waals surface area contributed by atoms with E-state index in [1.54, 1.807) is 48.5 Å². The zero-order valence-electron chi connectivity index (χ0n) is 16.6. The van der Waals surface area contributed by atoms with Gasteiger partial charge in [0.25, 0.3) is 5.91 Å². The number of hydrogen-bond acceptors (Lipinski definition) is 7. The number of anilines is 1. The molecular formula is C22H23NO7. The standard InChI is InChI=1S/C22H23NO7/c1-2-3-12-27-21(25)15-8-10-16(11-9-15)23-20(24)14-29-22(26)19-13-28-17-6-4-5-7-18(17)30-19/h4-11,19H,2-3,12-14H2,1H3,(H,23,24). The average molecular weight is 413 g/mol. The molecule has 1 N–H and O–H groups in total. The summed E-state index contributed by atoms with van der Waals surface area (Å²) in [6, 6.07) is 13.2. The van der Waals surface area contributed by atoms with E-state index in [1.807, 2.05) is 6.92 Å². The quantitative estimate of drug-likeness (QED) is 0.525. The molecule has 0 fully saturated rings. The van der Waals surface area contributed by atoms with Gasteiger partial charge in [-0.1, -0.05) is 25.5 Å². The van der Waals surface area contributed by atoms with E-state index in [9.17, 15) is 14.4 Å². The van der Waals surface area contributed by atoms with Crippen LogP contribution in [0.2, 0.25) is 0 Å². The van der Waals surface area contributed by atoms with Gasteiger partial charge in [0.1, 0.15) is 6.61 Å². The minimum Gasteiger partial charge on any atom is -0.485 e. The van der Waals surface area contributed by atoms with Crippen LogP contribution in [0.15, 0.2) is 48.5 Å². The molecule has 3 rings (SSSR count). The van der Waals surface area contributed by atoms with Gasteiger partial charge in [0.2, 0.25) is 6.10 Å². The Labute approximate surface area is 174 Å². The molecule has 0 aliphatic carbocycles. The van der Waals surface area contributed by atoms with Crippen LogP contribution in [0.25, 0.3) is 0 Å². The van der Waals surface area contributed by atoms with E-state index in [1.165, 1.54) is 0 Å². The third kappa shape index (κ3) is 5.73. The van der Waals surface area contributed by atoms with Gasteiger partial charge in [-0.15, -0.1) is 0 Å². The molecule has 1 aliphatic rings. The summed E-state index contributed by atoms with van der Waals surface area (Å²) in [4.78, 5) is 36.0. The molecular weight excluding hydrogens is 390 g/mol. The number of carbonyl (C=O) groups excluding carboxylic acids is 3. The highest BCUT2D eigenvalue weighted by molar-refractivity contribution is 5.94. The fourth-order valence-corrected chi connectivity index (χ4v) is 2.64. The highest BCUT2D eigenvalue weighted by Gasteiger charge is 2.29. The number of nitrogens with one attached hydrogen (secondary N) is 1. The summed E-state index contributed by atoms with van der Waals surface area (Å²) in [6.07, 6.45) is 0.810. The Bertz CT molecular complexity index is 895. The number of esters is 2. The van der Waals surface area contributed by atoms with Crippen LogP contribution in [-0.2, 0) is 19.1 Å². The number of benzene rings is 2. The summed E-state index contributed by atoms with van der Waals surface area (Å²) < 4.78 is 21.1. The van der Waals surface area contributed by atoms with Gasteiger partial charge in [0.15, 0.2) is 18.1 Å². The topological polar surface area (TPSA) is 100 Å². The number of hydrogen-bond donors (Lipinski definition) is 1.